The van der Waals surface area contributed by atoms with Gasteiger partial charge in [-0.15, -0.1) is 0 Å². The second-order valence-corrected chi connectivity index (χ2v) is 7.72. The van der Waals surface area contributed by atoms with Crippen LogP contribution >= 0.6 is 0 Å². The van der Waals surface area contributed by atoms with Crippen molar-refractivity contribution >= 4 is 6.09 Å². The molecule has 4 nitrogen and oxygen atoms in total. The molecule has 0 aromatic carbocycles. The van der Waals surface area contributed by atoms with Crippen LogP contribution in [0, 0.1) is 11.8 Å². The van der Waals surface area contributed by atoms with E-state index in [4.69, 9.17) is 4.74 Å². The molecule has 1 aliphatic carbocycles. The lowest BCUT2D eigenvalue weighted by Crippen LogP contribution is -2.45. The summed E-state index contributed by atoms with van der Waals surface area (Å²) in [6.45, 7) is 9.62. The van der Waals surface area contributed by atoms with E-state index in [1.165, 1.54) is 32.1 Å². The van der Waals surface area contributed by atoms with E-state index in [-0.39, 0.29) is 6.09 Å². The molecule has 1 saturated heterocycles. The van der Waals surface area contributed by atoms with Gasteiger partial charge in [0.05, 0.1) is 0 Å². The first kappa shape index (κ1) is 16.6. The average molecular weight is 296 g/mol. The summed E-state index contributed by atoms with van der Waals surface area (Å²) in [5.74, 6) is 1.55. The molecule has 2 rings (SSSR count). The second-order valence-electron chi connectivity index (χ2n) is 7.72. The summed E-state index contributed by atoms with van der Waals surface area (Å²) >= 11 is 0. The Kier molecular flexibility index (Phi) is 5.91. The van der Waals surface area contributed by atoms with E-state index in [2.05, 4.69) is 5.32 Å². The van der Waals surface area contributed by atoms with Crippen LogP contribution in [0.1, 0.15) is 59.3 Å². The standard InChI is InChI=1S/C17H32N2O2/c1-17(2,3)21-16(20)19-11-5-8-15(13-19)12-18-10-9-14-6-4-7-14/h14-15,18H,4-13H2,1-3H3. The summed E-state index contributed by atoms with van der Waals surface area (Å²) in [7, 11) is 0. The van der Waals surface area contributed by atoms with Gasteiger partial charge in [-0.3, -0.25) is 0 Å². The largest absolute Gasteiger partial charge is 0.444 e. The Morgan fingerprint density at radius 2 is 1.90 bits per heavy atom. The third-order valence-electron chi connectivity index (χ3n) is 4.56. The fraction of sp³-hybridized carbons (Fsp3) is 0.941. The van der Waals surface area contributed by atoms with Gasteiger partial charge < -0.3 is 15.0 Å². The molecule has 2 fully saturated rings. The molecular formula is C17H32N2O2. The Labute approximate surface area is 129 Å². The molecule has 1 aliphatic heterocycles. The number of rotatable bonds is 5. The predicted octanol–water partition coefficient (Wildman–Crippen LogP) is 3.41. The fourth-order valence-electron chi connectivity index (χ4n) is 3.12. The van der Waals surface area contributed by atoms with Crippen LogP contribution in [0.3, 0.4) is 0 Å². The molecule has 0 spiro atoms. The van der Waals surface area contributed by atoms with Crippen LogP contribution in [0.5, 0.6) is 0 Å². The van der Waals surface area contributed by atoms with Crippen molar-refractivity contribution in [1.82, 2.24) is 10.2 Å². The van der Waals surface area contributed by atoms with E-state index in [1.54, 1.807) is 0 Å². The van der Waals surface area contributed by atoms with E-state index < -0.39 is 5.60 Å². The number of ether oxygens (including phenoxy) is 1. The van der Waals surface area contributed by atoms with Crippen molar-refractivity contribution in [2.45, 2.75) is 64.9 Å². The zero-order valence-electron chi connectivity index (χ0n) is 14.0. The van der Waals surface area contributed by atoms with Crippen molar-refractivity contribution in [3.63, 3.8) is 0 Å². The average Bonchev–Trinajstić information content (AvgIpc) is 2.35. The van der Waals surface area contributed by atoms with Gasteiger partial charge in [0.1, 0.15) is 5.60 Å². The van der Waals surface area contributed by atoms with Crippen molar-refractivity contribution in [3.05, 3.63) is 0 Å². The minimum atomic E-state index is -0.398. The van der Waals surface area contributed by atoms with Crippen LogP contribution in [-0.4, -0.2) is 42.8 Å². The van der Waals surface area contributed by atoms with Crippen molar-refractivity contribution in [2.75, 3.05) is 26.2 Å². The summed E-state index contributed by atoms with van der Waals surface area (Å²) in [6, 6.07) is 0. The van der Waals surface area contributed by atoms with Crippen molar-refractivity contribution in [3.8, 4) is 0 Å². The lowest BCUT2D eigenvalue weighted by molar-refractivity contribution is 0.0166. The summed E-state index contributed by atoms with van der Waals surface area (Å²) in [5.41, 5.74) is -0.398. The first-order chi connectivity index (χ1) is 9.94. The van der Waals surface area contributed by atoms with Crippen molar-refractivity contribution in [1.29, 1.82) is 0 Å². The number of hydrogen-bond acceptors (Lipinski definition) is 3. The zero-order valence-corrected chi connectivity index (χ0v) is 14.0. The molecule has 1 saturated carbocycles. The minimum Gasteiger partial charge on any atom is -0.444 e. The molecular weight excluding hydrogens is 264 g/mol. The highest BCUT2D eigenvalue weighted by Crippen LogP contribution is 2.28. The highest BCUT2D eigenvalue weighted by atomic mass is 16.6. The zero-order chi connectivity index (χ0) is 15.3. The number of carbonyl (C=O) groups excluding carboxylic acids is 1. The molecule has 1 atom stereocenters. The second kappa shape index (κ2) is 7.48. The number of carbonyl (C=O) groups is 1. The smallest absolute Gasteiger partial charge is 0.410 e. The summed E-state index contributed by atoms with van der Waals surface area (Å²) < 4.78 is 5.47. The molecule has 1 unspecified atom stereocenters. The molecule has 0 aromatic heterocycles. The molecule has 1 heterocycles. The SMILES string of the molecule is CC(C)(C)OC(=O)N1CCCC(CNCCC2CCC2)C1. The highest BCUT2D eigenvalue weighted by molar-refractivity contribution is 5.68. The maximum Gasteiger partial charge on any atom is 0.410 e. The lowest BCUT2D eigenvalue weighted by atomic mass is 9.83. The Bertz CT molecular complexity index is 334. The van der Waals surface area contributed by atoms with Crippen LogP contribution in [0.2, 0.25) is 0 Å². The molecule has 4 heteroatoms. The topological polar surface area (TPSA) is 41.6 Å². The third-order valence-corrected chi connectivity index (χ3v) is 4.56. The number of piperidine rings is 1. The summed E-state index contributed by atoms with van der Waals surface area (Å²) in [4.78, 5) is 14.0. The molecule has 0 aromatic rings. The van der Waals surface area contributed by atoms with E-state index in [9.17, 15) is 4.79 Å². The van der Waals surface area contributed by atoms with Gasteiger partial charge in [0, 0.05) is 13.1 Å². The van der Waals surface area contributed by atoms with E-state index >= 15 is 0 Å². The van der Waals surface area contributed by atoms with Gasteiger partial charge in [-0.25, -0.2) is 4.79 Å². The Balaban J connectivity index is 1.64. The van der Waals surface area contributed by atoms with Crippen molar-refractivity contribution < 1.29 is 9.53 Å². The maximum atomic E-state index is 12.1. The Morgan fingerprint density at radius 1 is 1.19 bits per heavy atom. The molecule has 122 valence electrons. The molecule has 1 N–H and O–H groups in total. The molecule has 0 radical (unpaired) electrons. The third kappa shape index (κ3) is 5.85. The monoisotopic (exact) mass is 296 g/mol. The number of nitrogens with one attached hydrogen (secondary N) is 1. The van der Waals surface area contributed by atoms with Gasteiger partial charge in [0.25, 0.3) is 0 Å². The number of nitrogens with zero attached hydrogens (tertiary/aromatic N) is 1. The van der Waals surface area contributed by atoms with Gasteiger partial charge in [-0.1, -0.05) is 19.3 Å². The molecule has 2 aliphatic rings. The lowest BCUT2D eigenvalue weighted by Gasteiger charge is -2.34. The minimum absolute atomic E-state index is 0.151. The maximum absolute atomic E-state index is 12.1. The first-order valence-corrected chi connectivity index (χ1v) is 8.63. The van der Waals surface area contributed by atoms with E-state index in [0.29, 0.717) is 5.92 Å². The van der Waals surface area contributed by atoms with Gasteiger partial charge in [-0.05, 0) is 65.0 Å². The van der Waals surface area contributed by atoms with E-state index in [0.717, 1.165) is 38.5 Å². The van der Waals surface area contributed by atoms with Crippen LogP contribution in [0.15, 0.2) is 0 Å². The van der Waals surface area contributed by atoms with Crippen LogP contribution < -0.4 is 5.32 Å². The van der Waals surface area contributed by atoms with Gasteiger partial charge >= 0.3 is 6.09 Å². The van der Waals surface area contributed by atoms with Gasteiger partial charge in [0.2, 0.25) is 0 Å². The molecule has 0 bridgehead atoms. The normalized spacial score (nSPS) is 23.8. The van der Waals surface area contributed by atoms with Crippen molar-refractivity contribution in [2.24, 2.45) is 11.8 Å². The molecule has 21 heavy (non-hydrogen) atoms. The van der Waals surface area contributed by atoms with Crippen LogP contribution in [-0.2, 0) is 4.74 Å². The number of likely N-dealkylation sites (tertiary alicyclic amines) is 1. The van der Waals surface area contributed by atoms with Gasteiger partial charge in [-0.2, -0.15) is 0 Å². The van der Waals surface area contributed by atoms with Gasteiger partial charge in [0.15, 0.2) is 0 Å². The number of amides is 1. The quantitative estimate of drug-likeness (QED) is 0.790. The molecule has 1 amide bonds. The number of hydrogen-bond donors (Lipinski definition) is 1. The Morgan fingerprint density at radius 3 is 2.52 bits per heavy atom. The first-order valence-electron chi connectivity index (χ1n) is 8.63. The Hall–Kier alpha value is -0.770. The summed E-state index contributed by atoms with van der Waals surface area (Å²) in [5, 5.41) is 3.58. The fourth-order valence-corrected chi connectivity index (χ4v) is 3.12. The highest BCUT2D eigenvalue weighted by Gasteiger charge is 2.27. The predicted molar refractivity (Wildman–Crippen MR) is 85.4 cm³/mol. The van der Waals surface area contributed by atoms with Crippen LogP contribution in [0.4, 0.5) is 4.79 Å². The van der Waals surface area contributed by atoms with E-state index in [1.807, 2.05) is 25.7 Å². The summed E-state index contributed by atoms with van der Waals surface area (Å²) in [6.07, 6.45) is 7.77. The van der Waals surface area contributed by atoms with Crippen LogP contribution in [0.25, 0.3) is 0 Å².